The quantitative estimate of drug-likeness (QED) is 0.473. The Hall–Kier alpha value is -2.02. The van der Waals surface area contributed by atoms with Gasteiger partial charge in [-0.15, -0.1) is 11.3 Å². The molecular weight excluding hydrogens is 408 g/mol. The maximum atomic E-state index is 6.41. The van der Waals surface area contributed by atoms with Gasteiger partial charge in [0, 0.05) is 16.0 Å². The fourth-order valence-electron chi connectivity index (χ4n) is 2.25. The van der Waals surface area contributed by atoms with E-state index < -0.39 is 0 Å². The lowest BCUT2D eigenvalue weighted by Gasteiger charge is -1.93. The third-order valence-electron chi connectivity index (χ3n) is 3.35. The van der Waals surface area contributed by atoms with Crippen LogP contribution in [0.25, 0.3) is 32.8 Å². The van der Waals surface area contributed by atoms with Crippen LogP contribution in [0.2, 0.25) is 0 Å². The van der Waals surface area contributed by atoms with Gasteiger partial charge in [0.1, 0.15) is 10.8 Å². The van der Waals surface area contributed by atoms with Gasteiger partial charge in [-0.3, -0.25) is 4.98 Å². The zero-order valence-electron chi connectivity index (χ0n) is 12.2. The molecule has 0 atom stereocenters. The molecule has 0 spiro atoms. The van der Waals surface area contributed by atoms with E-state index in [1.54, 1.807) is 12.3 Å². The Bertz CT molecular complexity index is 1040. The van der Waals surface area contributed by atoms with Gasteiger partial charge in [0.15, 0.2) is 0 Å². The molecule has 7 heteroatoms. The smallest absolute Gasteiger partial charge is 0.150 e. The van der Waals surface area contributed by atoms with Crippen LogP contribution in [-0.2, 0) is 0 Å². The van der Waals surface area contributed by atoms with E-state index in [9.17, 15) is 0 Å². The van der Waals surface area contributed by atoms with Crippen molar-refractivity contribution >= 4 is 61.0 Å². The van der Waals surface area contributed by atoms with E-state index in [0.717, 1.165) is 31.9 Å². The van der Waals surface area contributed by atoms with Crippen LogP contribution in [-0.4, -0.2) is 19.9 Å². The molecule has 0 saturated heterocycles. The molecule has 0 aliphatic carbocycles. The lowest BCUT2D eigenvalue weighted by Crippen LogP contribution is -1.83. The van der Waals surface area contributed by atoms with E-state index in [2.05, 4.69) is 35.9 Å². The number of nitrogens with zero attached hydrogens (tertiary/aromatic N) is 3. The normalized spacial score (nSPS) is 12.0. The van der Waals surface area contributed by atoms with Crippen molar-refractivity contribution in [1.82, 2.24) is 19.9 Å². The highest BCUT2D eigenvalue weighted by Crippen LogP contribution is 2.27. The number of thiazole rings is 1. The molecule has 118 valence electrons. The average molecular weight is 418 g/mol. The van der Waals surface area contributed by atoms with Crippen LogP contribution in [0.5, 0.6) is 0 Å². The topological polar surface area (TPSA) is 54.5 Å². The second-order valence-electron chi connectivity index (χ2n) is 5.03. The van der Waals surface area contributed by atoms with Gasteiger partial charge in [0.25, 0.3) is 0 Å². The van der Waals surface area contributed by atoms with Crippen LogP contribution in [0.3, 0.4) is 0 Å². The Kier molecular flexibility index (Phi) is 4.18. The van der Waals surface area contributed by atoms with Gasteiger partial charge in [0.2, 0.25) is 0 Å². The lowest BCUT2D eigenvalue weighted by atomic mass is 10.3. The van der Waals surface area contributed by atoms with Crippen molar-refractivity contribution in [3.63, 3.8) is 0 Å². The Balaban J connectivity index is 1.66. The first-order valence-corrected chi connectivity index (χ1v) is 9.14. The second-order valence-corrected chi connectivity index (χ2v) is 7.21. The number of aromatic nitrogens is 4. The molecule has 0 saturated carbocycles. The molecule has 0 amide bonds. The molecular formula is C17H10BrClN4S. The Labute approximate surface area is 155 Å². The molecule has 4 rings (SSSR count). The highest BCUT2D eigenvalue weighted by atomic mass is 79.9. The predicted octanol–water partition coefficient (Wildman–Crippen LogP) is 5.58. The predicted molar refractivity (Wildman–Crippen MR) is 103 cm³/mol. The molecule has 24 heavy (non-hydrogen) atoms. The Morgan fingerprint density at radius 3 is 2.96 bits per heavy atom. The van der Waals surface area contributed by atoms with Gasteiger partial charge in [0.05, 0.1) is 27.5 Å². The summed E-state index contributed by atoms with van der Waals surface area (Å²) in [5, 5.41) is 3.33. The number of hydrogen-bond donors (Lipinski definition) is 1. The number of nitrogens with one attached hydrogen (secondary N) is 1. The molecule has 0 aliphatic heterocycles. The van der Waals surface area contributed by atoms with Gasteiger partial charge in [-0.25, -0.2) is 9.97 Å². The largest absolute Gasteiger partial charge is 0.337 e. The summed E-state index contributed by atoms with van der Waals surface area (Å²) in [4.78, 5) is 16.6. The van der Waals surface area contributed by atoms with E-state index in [1.165, 1.54) is 11.3 Å². The van der Waals surface area contributed by atoms with Crippen LogP contribution in [0, 0.1) is 0 Å². The summed E-state index contributed by atoms with van der Waals surface area (Å²) in [5.74, 6) is 0.622. The summed E-state index contributed by atoms with van der Waals surface area (Å²) >= 11 is 11.4. The monoisotopic (exact) mass is 416 g/mol. The standard InChI is InChI=1S/C17H10BrClN4S/c18-10-4-5-13-15(7-10)23-16(22-13)12(19)8-11-9-24-17(21-11)14-3-1-2-6-20-14/h1-9H,(H,22,23)/b12-8-. The highest BCUT2D eigenvalue weighted by molar-refractivity contribution is 9.10. The molecule has 3 aromatic heterocycles. The van der Waals surface area contributed by atoms with Gasteiger partial charge in [-0.1, -0.05) is 33.6 Å². The summed E-state index contributed by atoms with van der Waals surface area (Å²) in [6, 6.07) is 11.6. The van der Waals surface area contributed by atoms with Gasteiger partial charge in [-0.2, -0.15) is 0 Å². The van der Waals surface area contributed by atoms with Crippen molar-refractivity contribution in [3.05, 3.63) is 64.0 Å². The van der Waals surface area contributed by atoms with E-state index >= 15 is 0 Å². The molecule has 1 aromatic carbocycles. The van der Waals surface area contributed by atoms with Gasteiger partial charge < -0.3 is 4.98 Å². The zero-order chi connectivity index (χ0) is 16.5. The number of hydrogen-bond acceptors (Lipinski definition) is 4. The highest BCUT2D eigenvalue weighted by Gasteiger charge is 2.09. The van der Waals surface area contributed by atoms with Crippen molar-refractivity contribution in [2.45, 2.75) is 0 Å². The molecule has 4 aromatic rings. The first-order chi connectivity index (χ1) is 11.7. The minimum absolute atomic E-state index is 0.514. The van der Waals surface area contributed by atoms with E-state index in [0.29, 0.717) is 10.9 Å². The Morgan fingerprint density at radius 2 is 2.12 bits per heavy atom. The molecule has 0 fully saturated rings. The Morgan fingerprint density at radius 1 is 1.21 bits per heavy atom. The van der Waals surface area contributed by atoms with E-state index in [4.69, 9.17) is 11.6 Å². The summed E-state index contributed by atoms with van der Waals surface area (Å²) < 4.78 is 0.991. The SMILES string of the molecule is Cl/C(=C\c1csc(-c2ccccn2)n1)c1nc2ccc(Br)cc2[nH]1. The summed E-state index contributed by atoms with van der Waals surface area (Å²) in [7, 11) is 0. The van der Waals surface area contributed by atoms with Crippen molar-refractivity contribution in [2.24, 2.45) is 0 Å². The zero-order valence-corrected chi connectivity index (χ0v) is 15.4. The maximum Gasteiger partial charge on any atom is 0.150 e. The fraction of sp³-hybridized carbons (Fsp3) is 0. The van der Waals surface area contributed by atoms with Gasteiger partial charge >= 0.3 is 0 Å². The maximum absolute atomic E-state index is 6.41. The summed E-state index contributed by atoms with van der Waals surface area (Å²) in [5.41, 5.74) is 3.43. The van der Waals surface area contributed by atoms with Crippen molar-refractivity contribution in [1.29, 1.82) is 0 Å². The average Bonchev–Trinajstić information content (AvgIpc) is 3.22. The number of pyridine rings is 1. The summed E-state index contributed by atoms with van der Waals surface area (Å²) in [6.45, 7) is 0. The van der Waals surface area contributed by atoms with E-state index in [1.807, 2.05) is 41.8 Å². The second kappa shape index (κ2) is 6.47. The van der Waals surface area contributed by atoms with Gasteiger partial charge in [-0.05, 0) is 36.4 Å². The minimum Gasteiger partial charge on any atom is -0.337 e. The minimum atomic E-state index is 0.514. The fourth-order valence-corrected chi connectivity index (χ4v) is 3.57. The first kappa shape index (κ1) is 15.5. The number of H-pyrrole nitrogens is 1. The first-order valence-electron chi connectivity index (χ1n) is 7.09. The number of halogens is 2. The molecule has 0 bridgehead atoms. The molecule has 0 aliphatic rings. The van der Waals surface area contributed by atoms with Crippen molar-refractivity contribution in [3.8, 4) is 10.7 Å². The summed E-state index contributed by atoms with van der Waals surface area (Å²) in [6.07, 6.45) is 3.56. The van der Waals surface area contributed by atoms with Crippen LogP contribution in [0.4, 0.5) is 0 Å². The van der Waals surface area contributed by atoms with Crippen molar-refractivity contribution < 1.29 is 0 Å². The van der Waals surface area contributed by atoms with Crippen LogP contribution >= 0.6 is 38.9 Å². The molecule has 0 unspecified atom stereocenters. The molecule has 0 radical (unpaired) electrons. The number of fused-ring (bicyclic) bond motifs is 1. The van der Waals surface area contributed by atoms with Crippen LogP contribution < -0.4 is 0 Å². The number of benzene rings is 1. The third kappa shape index (κ3) is 3.13. The number of rotatable bonds is 3. The lowest BCUT2D eigenvalue weighted by molar-refractivity contribution is 1.27. The number of imidazole rings is 1. The van der Waals surface area contributed by atoms with Crippen molar-refractivity contribution in [2.75, 3.05) is 0 Å². The third-order valence-corrected chi connectivity index (χ3v) is 5.02. The number of aromatic amines is 1. The van der Waals surface area contributed by atoms with Crippen LogP contribution in [0.15, 0.2) is 52.4 Å². The van der Waals surface area contributed by atoms with E-state index in [-0.39, 0.29) is 0 Å². The molecule has 3 heterocycles. The molecule has 4 nitrogen and oxygen atoms in total. The van der Waals surface area contributed by atoms with Crippen LogP contribution in [0.1, 0.15) is 11.5 Å². The molecule has 1 N–H and O–H groups in total.